The van der Waals surface area contributed by atoms with Gasteiger partial charge in [-0.25, -0.2) is 4.68 Å². The average molecular weight is 512 g/mol. The van der Waals surface area contributed by atoms with Gasteiger partial charge in [-0.05, 0) is 80.3 Å². The summed E-state index contributed by atoms with van der Waals surface area (Å²) in [6.07, 6.45) is -2.11. The van der Waals surface area contributed by atoms with Crippen molar-refractivity contribution in [1.82, 2.24) is 9.78 Å². The van der Waals surface area contributed by atoms with Crippen LogP contribution in [0.4, 0.5) is 18.9 Å². The summed E-state index contributed by atoms with van der Waals surface area (Å²) in [7, 11) is 0. The number of para-hydroxylation sites is 1. The van der Waals surface area contributed by atoms with E-state index in [1.807, 2.05) is 18.2 Å². The van der Waals surface area contributed by atoms with Crippen LogP contribution in [0, 0.1) is 0 Å². The molecule has 184 valence electrons. The van der Waals surface area contributed by atoms with Crippen LogP contribution < -0.4 is 10.1 Å². The fourth-order valence-electron chi connectivity index (χ4n) is 4.29. The zero-order valence-corrected chi connectivity index (χ0v) is 19.7. The lowest BCUT2D eigenvalue weighted by Crippen LogP contribution is -2.13. The Bertz CT molecular complexity index is 1400. The summed E-state index contributed by atoms with van der Waals surface area (Å²) in [4.78, 5) is 13.0. The maximum atomic E-state index is 13.5. The molecule has 0 saturated heterocycles. The van der Waals surface area contributed by atoms with Gasteiger partial charge in [0.05, 0.1) is 11.4 Å². The van der Waals surface area contributed by atoms with Crippen LogP contribution in [0.25, 0.3) is 5.69 Å². The summed E-state index contributed by atoms with van der Waals surface area (Å²) in [6, 6.07) is 20.3. The first kappa shape index (κ1) is 23.9. The van der Waals surface area contributed by atoms with Crippen LogP contribution >= 0.6 is 11.6 Å². The molecule has 1 aliphatic rings. The molecule has 5 nitrogen and oxygen atoms in total. The van der Waals surface area contributed by atoms with Crippen LogP contribution in [0.1, 0.15) is 40.2 Å². The molecule has 1 aliphatic carbocycles. The number of anilines is 1. The van der Waals surface area contributed by atoms with Crippen LogP contribution in [-0.2, 0) is 19.0 Å². The molecule has 9 heteroatoms. The number of carbonyl (C=O) groups excluding carboxylic acids is 1. The predicted molar refractivity (Wildman–Crippen MR) is 131 cm³/mol. The Labute approximate surface area is 210 Å². The second-order valence-corrected chi connectivity index (χ2v) is 8.88. The molecule has 0 unspecified atom stereocenters. The molecule has 5 rings (SSSR count). The van der Waals surface area contributed by atoms with Gasteiger partial charge < -0.3 is 10.1 Å². The number of hydrogen-bond donors (Lipinski definition) is 1. The van der Waals surface area contributed by atoms with E-state index in [0.717, 1.165) is 6.42 Å². The van der Waals surface area contributed by atoms with Crippen LogP contribution in [0.5, 0.6) is 11.5 Å². The van der Waals surface area contributed by atoms with Gasteiger partial charge in [0.2, 0.25) is 0 Å². The lowest BCUT2D eigenvalue weighted by atomic mass is 9.95. The zero-order chi connectivity index (χ0) is 25.3. The third kappa shape index (κ3) is 4.95. The standard InChI is InChI=1S/C27H21ClF3N3O2/c28-18-12-15-24(36-20-6-2-1-3-7-20)22(16-18)32-26(35)17-10-13-19(14-11-17)34-23-9-5-4-8-21(23)25(33-34)27(29,30)31/h1-3,6-7,10-16H,4-5,8-9H2,(H,32,35). The fraction of sp³-hybridized carbons (Fsp3) is 0.185. The Morgan fingerprint density at radius 2 is 1.69 bits per heavy atom. The molecule has 0 saturated carbocycles. The molecule has 1 amide bonds. The number of fused-ring (bicyclic) bond motifs is 1. The normalized spacial score (nSPS) is 13.2. The molecule has 0 fully saturated rings. The average Bonchev–Trinajstić information content (AvgIpc) is 3.27. The fourth-order valence-corrected chi connectivity index (χ4v) is 4.47. The van der Waals surface area contributed by atoms with Gasteiger partial charge in [0.1, 0.15) is 5.75 Å². The first-order valence-corrected chi connectivity index (χ1v) is 11.8. The summed E-state index contributed by atoms with van der Waals surface area (Å²) in [5.41, 5.74) is 1.19. The van der Waals surface area contributed by atoms with Crippen molar-refractivity contribution >= 4 is 23.2 Å². The number of ether oxygens (including phenoxy) is 1. The quantitative estimate of drug-likeness (QED) is 0.302. The molecule has 3 aromatic carbocycles. The van der Waals surface area contributed by atoms with Crippen molar-refractivity contribution in [2.45, 2.75) is 31.9 Å². The Morgan fingerprint density at radius 1 is 0.972 bits per heavy atom. The van der Waals surface area contributed by atoms with Crippen LogP contribution in [0.15, 0.2) is 72.8 Å². The van der Waals surface area contributed by atoms with Gasteiger partial charge in [0.25, 0.3) is 5.91 Å². The Kier molecular flexibility index (Phi) is 6.45. The Morgan fingerprint density at radius 3 is 2.42 bits per heavy atom. The van der Waals surface area contributed by atoms with E-state index in [-0.39, 0.29) is 5.56 Å². The van der Waals surface area contributed by atoms with E-state index in [1.54, 1.807) is 54.6 Å². The van der Waals surface area contributed by atoms with E-state index < -0.39 is 17.8 Å². The van der Waals surface area contributed by atoms with Crippen molar-refractivity contribution < 1.29 is 22.7 Å². The monoisotopic (exact) mass is 511 g/mol. The second kappa shape index (κ2) is 9.70. The first-order valence-electron chi connectivity index (χ1n) is 11.4. The molecule has 1 heterocycles. The molecular weight excluding hydrogens is 491 g/mol. The molecule has 36 heavy (non-hydrogen) atoms. The molecule has 0 bridgehead atoms. The summed E-state index contributed by atoms with van der Waals surface area (Å²) in [5.74, 6) is 0.596. The number of amides is 1. The van der Waals surface area contributed by atoms with Gasteiger partial charge in [-0.15, -0.1) is 0 Å². The van der Waals surface area contributed by atoms with Crippen molar-refractivity contribution in [3.63, 3.8) is 0 Å². The minimum atomic E-state index is -4.51. The Hall–Kier alpha value is -3.78. The maximum Gasteiger partial charge on any atom is 0.435 e. The maximum absolute atomic E-state index is 13.5. The number of alkyl halides is 3. The Balaban J connectivity index is 1.39. The lowest BCUT2D eigenvalue weighted by molar-refractivity contribution is -0.142. The summed E-state index contributed by atoms with van der Waals surface area (Å²) in [5, 5.41) is 7.12. The van der Waals surface area contributed by atoms with Gasteiger partial charge in [0.15, 0.2) is 11.4 Å². The summed E-state index contributed by atoms with van der Waals surface area (Å²) in [6.45, 7) is 0. The molecule has 0 atom stereocenters. The summed E-state index contributed by atoms with van der Waals surface area (Å²) >= 11 is 6.13. The van der Waals surface area contributed by atoms with Crippen LogP contribution in [0.2, 0.25) is 5.02 Å². The van der Waals surface area contributed by atoms with Crippen molar-refractivity contribution in [3.8, 4) is 17.2 Å². The highest BCUT2D eigenvalue weighted by Gasteiger charge is 2.39. The molecule has 0 spiro atoms. The zero-order valence-electron chi connectivity index (χ0n) is 19.0. The number of halogens is 4. The number of rotatable bonds is 5. The first-order chi connectivity index (χ1) is 17.3. The van der Waals surface area contributed by atoms with E-state index in [9.17, 15) is 18.0 Å². The lowest BCUT2D eigenvalue weighted by Gasteiger charge is -2.15. The van der Waals surface area contributed by atoms with Gasteiger partial charge >= 0.3 is 6.18 Å². The highest BCUT2D eigenvalue weighted by atomic mass is 35.5. The minimum Gasteiger partial charge on any atom is -0.455 e. The molecule has 1 aromatic heterocycles. The minimum absolute atomic E-state index is 0.266. The SMILES string of the molecule is O=C(Nc1cc(Cl)ccc1Oc1ccccc1)c1ccc(-n2nc(C(F)(F)F)c3c2CCCC3)cc1. The van der Waals surface area contributed by atoms with Crippen molar-refractivity contribution in [1.29, 1.82) is 0 Å². The largest absolute Gasteiger partial charge is 0.455 e. The van der Waals surface area contributed by atoms with Crippen molar-refractivity contribution in [3.05, 3.63) is 100 Å². The van der Waals surface area contributed by atoms with Crippen LogP contribution in [0.3, 0.4) is 0 Å². The molecule has 1 N–H and O–H groups in total. The summed E-state index contributed by atoms with van der Waals surface area (Å²) < 4.78 is 47.8. The van der Waals surface area contributed by atoms with Gasteiger partial charge in [0, 0.05) is 21.8 Å². The highest BCUT2D eigenvalue weighted by Crippen LogP contribution is 2.37. The van der Waals surface area contributed by atoms with Crippen molar-refractivity contribution in [2.24, 2.45) is 0 Å². The van der Waals surface area contributed by atoms with E-state index in [1.165, 1.54) is 4.68 Å². The van der Waals surface area contributed by atoms with E-state index >= 15 is 0 Å². The number of hydrogen-bond acceptors (Lipinski definition) is 3. The highest BCUT2D eigenvalue weighted by molar-refractivity contribution is 6.31. The van der Waals surface area contributed by atoms with E-state index in [4.69, 9.17) is 16.3 Å². The van der Waals surface area contributed by atoms with Crippen LogP contribution in [-0.4, -0.2) is 15.7 Å². The topological polar surface area (TPSA) is 56.1 Å². The third-order valence-electron chi connectivity index (χ3n) is 5.98. The molecule has 0 aliphatic heterocycles. The predicted octanol–water partition coefficient (Wildman–Crippen LogP) is 7.47. The molecule has 0 radical (unpaired) electrons. The molecular formula is C27H21ClF3N3O2. The number of nitrogens with zero attached hydrogens (tertiary/aromatic N) is 2. The smallest absolute Gasteiger partial charge is 0.435 e. The van der Waals surface area contributed by atoms with Gasteiger partial charge in [-0.1, -0.05) is 29.8 Å². The van der Waals surface area contributed by atoms with Gasteiger partial charge in [-0.3, -0.25) is 4.79 Å². The van der Waals surface area contributed by atoms with Crippen molar-refractivity contribution in [2.75, 3.05) is 5.32 Å². The van der Waals surface area contributed by atoms with Gasteiger partial charge in [-0.2, -0.15) is 18.3 Å². The third-order valence-corrected chi connectivity index (χ3v) is 6.22. The number of nitrogens with one attached hydrogen (secondary N) is 1. The number of aromatic nitrogens is 2. The molecule has 4 aromatic rings. The second-order valence-electron chi connectivity index (χ2n) is 8.45. The number of benzene rings is 3. The van der Waals surface area contributed by atoms with E-state index in [2.05, 4.69) is 10.4 Å². The van der Waals surface area contributed by atoms with E-state index in [0.29, 0.717) is 58.4 Å². The number of carbonyl (C=O) groups is 1.